The number of hydrogen-bond acceptors (Lipinski definition) is 5. The van der Waals surface area contributed by atoms with Gasteiger partial charge in [0, 0.05) is 31.6 Å². The Kier molecular flexibility index (Phi) is 4.98. The van der Waals surface area contributed by atoms with Crippen molar-refractivity contribution in [3.8, 4) is 22.8 Å². The van der Waals surface area contributed by atoms with Gasteiger partial charge in [-0.25, -0.2) is 9.97 Å². The summed E-state index contributed by atoms with van der Waals surface area (Å²) in [6.07, 6.45) is 5.50. The highest BCUT2D eigenvalue weighted by atomic mass is 16.5. The Labute approximate surface area is 157 Å². The van der Waals surface area contributed by atoms with Crippen LogP contribution in [0, 0.1) is 0 Å². The summed E-state index contributed by atoms with van der Waals surface area (Å²) in [5, 5.41) is 3.26. The van der Waals surface area contributed by atoms with Gasteiger partial charge in [0.2, 0.25) is 0 Å². The predicted octanol–water partition coefficient (Wildman–Crippen LogP) is 4.25. The lowest BCUT2D eigenvalue weighted by Gasteiger charge is -2.11. The van der Waals surface area contributed by atoms with Crippen LogP contribution in [0.2, 0.25) is 0 Å². The lowest BCUT2D eigenvalue weighted by molar-refractivity contribution is 0.210. The topological polar surface area (TPSA) is 60.7 Å². The molecular formula is C21H20N4O2. The molecule has 0 saturated heterocycles. The van der Waals surface area contributed by atoms with Gasteiger partial charge in [-0.2, -0.15) is 0 Å². The van der Waals surface area contributed by atoms with Crippen LogP contribution in [0.3, 0.4) is 0 Å². The fraction of sp³-hybridized carbons (Fsp3) is 0.143. The van der Waals surface area contributed by atoms with E-state index >= 15 is 0 Å². The number of nitrogens with zero attached hydrogens (tertiary/aromatic N) is 3. The van der Waals surface area contributed by atoms with E-state index in [1.807, 2.05) is 71.4 Å². The molecule has 1 N–H and O–H groups in total. The molecule has 27 heavy (non-hydrogen) atoms. The van der Waals surface area contributed by atoms with Crippen molar-refractivity contribution in [1.82, 2.24) is 14.4 Å². The van der Waals surface area contributed by atoms with Gasteiger partial charge in [0.15, 0.2) is 11.5 Å². The van der Waals surface area contributed by atoms with Gasteiger partial charge in [-0.3, -0.25) is 4.40 Å². The molecule has 0 spiro atoms. The van der Waals surface area contributed by atoms with Crippen LogP contribution in [0.4, 0.5) is 5.82 Å². The number of ether oxygens (including phenoxy) is 2. The van der Waals surface area contributed by atoms with Crippen LogP contribution in [0.15, 0.2) is 73.2 Å². The van der Waals surface area contributed by atoms with Gasteiger partial charge in [-0.1, -0.05) is 30.3 Å². The van der Waals surface area contributed by atoms with Crippen molar-refractivity contribution < 1.29 is 9.47 Å². The summed E-state index contributed by atoms with van der Waals surface area (Å²) in [4.78, 5) is 8.96. The fourth-order valence-corrected chi connectivity index (χ4v) is 2.90. The smallest absolute Gasteiger partial charge is 0.180 e. The van der Waals surface area contributed by atoms with E-state index in [0.29, 0.717) is 13.2 Å². The zero-order valence-corrected chi connectivity index (χ0v) is 15.0. The first-order valence-corrected chi connectivity index (χ1v) is 8.74. The zero-order valence-electron chi connectivity index (χ0n) is 15.0. The minimum atomic E-state index is 0.601. The third-order valence-electron chi connectivity index (χ3n) is 4.16. The maximum atomic E-state index is 6.10. The Bertz CT molecular complexity index is 1030. The van der Waals surface area contributed by atoms with E-state index in [-0.39, 0.29) is 0 Å². The molecule has 4 rings (SSSR count). The molecule has 0 bridgehead atoms. The third-order valence-corrected chi connectivity index (χ3v) is 4.16. The highest BCUT2D eigenvalue weighted by Gasteiger charge is 2.14. The first kappa shape index (κ1) is 17.1. The Morgan fingerprint density at radius 2 is 1.81 bits per heavy atom. The molecule has 0 saturated carbocycles. The molecule has 0 aliphatic carbocycles. The standard InChI is InChI=1S/C21H20N4O2/c1-26-14-12-23-20-21-24-15-18(25(21)13-11-22-20)17-9-5-6-10-19(17)27-16-7-3-2-4-8-16/h2-11,13,15H,12,14H2,1H3,(H,22,23). The lowest BCUT2D eigenvalue weighted by Crippen LogP contribution is -2.10. The highest BCUT2D eigenvalue weighted by molar-refractivity contribution is 5.74. The minimum absolute atomic E-state index is 0.601. The first-order valence-electron chi connectivity index (χ1n) is 8.74. The van der Waals surface area contributed by atoms with Gasteiger partial charge in [-0.15, -0.1) is 0 Å². The van der Waals surface area contributed by atoms with Crippen molar-refractivity contribution in [2.24, 2.45) is 0 Å². The molecule has 0 atom stereocenters. The second-order valence-corrected chi connectivity index (χ2v) is 5.94. The number of benzene rings is 2. The molecule has 0 radical (unpaired) electrons. The molecule has 2 aromatic heterocycles. The monoisotopic (exact) mass is 360 g/mol. The summed E-state index contributed by atoms with van der Waals surface area (Å²) in [6, 6.07) is 17.7. The number of aromatic nitrogens is 3. The Balaban J connectivity index is 1.72. The molecule has 2 heterocycles. The van der Waals surface area contributed by atoms with Crippen molar-refractivity contribution in [3.05, 3.63) is 73.2 Å². The van der Waals surface area contributed by atoms with Crippen molar-refractivity contribution >= 4 is 11.5 Å². The molecule has 4 aromatic rings. The van der Waals surface area contributed by atoms with E-state index in [0.717, 1.165) is 34.2 Å². The van der Waals surface area contributed by atoms with Gasteiger partial charge >= 0.3 is 0 Å². The molecule has 6 heteroatoms. The Morgan fingerprint density at radius 1 is 1.00 bits per heavy atom. The van der Waals surface area contributed by atoms with E-state index < -0.39 is 0 Å². The van der Waals surface area contributed by atoms with Gasteiger partial charge in [0.25, 0.3) is 0 Å². The van der Waals surface area contributed by atoms with Gasteiger partial charge < -0.3 is 14.8 Å². The second kappa shape index (κ2) is 7.88. The summed E-state index contributed by atoms with van der Waals surface area (Å²) in [6.45, 7) is 1.27. The predicted molar refractivity (Wildman–Crippen MR) is 105 cm³/mol. The largest absolute Gasteiger partial charge is 0.457 e. The van der Waals surface area contributed by atoms with Crippen molar-refractivity contribution in [2.45, 2.75) is 0 Å². The molecule has 0 aliphatic heterocycles. The van der Waals surface area contributed by atoms with E-state index in [1.54, 1.807) is 13.3 Å². The molecule has 136 valence electrons. The zero-order chi connectivity index (χ0) is 18.5. The second-order valence-electron chi connectivity index (χ2n) is 5.94. The molecule has 0 aliphatic rings. The van der Waals surface area contributed by atoms with Crippen LogP contribution < -0.4 is 10.1 Å². The number of imidazole rings is 1. The van der Waals surface area contributed by atoms with Crippen molar-refractivity contribution in [3.63, 3.8) is 0 Å². The molecule has 0 amide bonds. The molecular weight excluding hydrogens is 340 g/mol. The SMILES string of the molecule is COCCNc1nccn2c(-c3ccccc3Oc3ccccc3)cnc12. The van der Waals surface area contributed by atoms with Crippen LogP contribution in [-0.2, 0) is 4.74 Å². The van der Waals surface area contributed by atoms with Gasteiger partial charge in [0.1, 0.15) is 11.5 Å². The Morgan fingerprint density at radius 3 is 2.67 bits per heavy atom. The summed E-state index contributed by atoms with van der Waals surface area (Å²) in [7, 11) is 1.67. The molecule has 0 fully saturated rings. The van der Waals surface area contributed by atoms with Crippen LogP contribution >= 0.6 is 0 Å². The maximum absolute atomic E-state index is 6.10. The van der Waals surface area contributed by atoms with Crippen molar-refractivity contribution in [1.29, 1.82) is 0 Å². The van der Waals surface area contributed by atoms with Crippen LogP contribution in [-0.4, -0.2) is 34.6 Å². The van der Waals surface area contributed by atoms with Crippen LogP contribution in [0.25, 0.3) is 16.9 Å². The average Bonchev–Trinajstić information content (AvgIpc) is 3.14. The number of nitrogens with one attached hydrogen (secondary N) is 1. The maximum Gasteiger partial charge on any atom is 0.180 e. The summed E-state index contributed by atoms with van der Waals surface area (Å²) in [5.74, 6) is 2.29. The van der Waals surface area contributed by atoms with Crippen molar-refractivity contribution in [2.75, 3.05) is 25.6 Å². The average molecular weight is 360 g/mol. The number of para-hydroxylation sites is 2. The minimum Gasteiger partial charge on any atom is -0.457 e. The highest BCUT2D eigenvalue weighted by Crippen LogP contribution is 2.34. The van der Waals surface area contributed by atoms with Crippen LogP contribution in [0.5, 0.6) is 11.5 Å². The Hall–Kier alpha value is -3.38. The number of anilines is 1. The summed E-state index contributed by atoms with van der Waals surface area (Å²) in [5.41, 5.74) is 2.66. The number of methoxy groups -OCH3 is 1. The normalized spacial score (nSPS) is 10.9. The third kappa shape index (κ3) is 3.61. The van der Waals surface area contributed by atoms with E-state index in [2.05, 4.69) is 15.3 Å². The summed E-state index contributed by atoms with van der Waals surface area (Å²) >= 11 is 0. The molecule has 0 unspecified atom stereocenters. The molecule has 2 aromatic carbocycles. The fourth-order valence-electron chi connectivity index (χ4n) is 2.90. The lowest BCUT2D eigenvalue weighted by atomic mass is 10.1. The van der Waals surface area contributed by atoms with E-state index in [1.165, 1.54) is 0 Å². The van der Waals surface area contributed by atoms with E-state index in [4.69, 9.17) is 9.47 Å². The molecule has 6 nitrogen and oxygen atoms in total. The number of fused-ring (bicyclic) bond motifs is 1. The quantitative estimate of drug-likeness (QED) is 0.499. The first-order chi connectivity index (χ1) is 13.4. The van der Waals surface area contributed by atoms with E-state index in [9.17, 15) is 0 Å². The van der Waals surface area contributed by atoms with Crippen LogP contribution in [0.1, 0.15) is 0 Å². The summed E-state index contributed by atoms with van der Waals surface area (Å²) < 4.78 is 13.2. The van der Waals surface area contributed by atoms with Gasteiger partial charge in [0.05, 0.1) is 18.5 Å². The number of hydrogen-bond donors (Lipinski definition) is 1. The number of rotatable bonds is 7. The van der Waals surface area contributed by atoms with Gasteiger partial charge in [-0.05, 0) is 24.3 Å².